The van der Waals surface area contributed by atoms with E-state index in [9.17, 15) is 4.79 Å². The van der Waals surface area contributed by atoms with Gasteiger partial charge in [0.1, 0.15) is 5.82 Å². The predicted octanol–water partition coefficient (Wildman–Crippen LogP) is 7.17. The second-order valence-corrected chi connectivity index (χ2v) is 10.7. The van der Waals surface area contributed by atoms with Crippen molar-refractivity contribution in [1.82, 2.24) is 14.6 Å². The van der Waals surface area contributed by atoms with Crippen LogP contribution >= 0.6 is 27.5 Å². The Hall–Kier alpha value is -3.68. The quantitative estimate of drug-likeness (QED) is 0.221. The number of carbonyl (C=O) groups excluding carboxylic acids is 1. The van der Waals surface area contributed by atoms with E-state index in [1.165, 1.54) is 11.1 Å². The zero-order chi connectivity index (χ0) is 26.1. The lowest BCUT2D eigenvalue weighted by Crippen LogP contribution is -2.28. The molecule has 6 nitrogen and oxygen atoms in total. The van der Waals surface area contributed by atoms with Gasteiger partial charge in [0, 0.05) is 34.8 Å². The monoisotopic (exact) mass is 585 g/mol. The highest BCUT2D eigenvalue weighted by Crippen LogP contribution is 2.31. The third kappa shape index (κ3) is 5.04. The molecule has 5 aromatic rings. The molecular weight excluding hydrogens is 562 g/mol. The van der Waals surface area contributed by atoms with Crippen LogP contribution in [-0.2, 0) is 24.2 Å². The van der Waals surface area contributed by atoms with Crippen LogP contribution in [0, 0.1) is 5.92 Å². The van der Waals surface area contributed by atoms with Gasteiger partial charge in [-0.15, -0.1) is 0 Å². The number of carbonyl (C=O) groups is 1. The first-order valence-electron chi connectivity index (χ1n) is 12.5. The average molecular weight is 587 g/mol. The van der Waals surface area contributed by atoms with Crippen molar-refractivity contribution < 1.29 is 4.79 Å². The van der Waals surface area contributed by atoms with Crippen LogP contribution in [0.15, 0.2) is 89.5 Å². The van der Waals surface area contributed by atoms with Gasteiger partial charge in [-0.2, -0.15) is 9.61 Å². The normalized spacial score (nSPS) is 14.7. The Morgan fingerprint density at radius 1 is 1.03 bits per heavy atom. The van der Waals surface area contributed by atoms with Crippen molar-refractivity contribution in [3.8, 4) is 11.3 Å². The summed E-state index contributed by atoms with van der Waals surface area (Å²) in [5.74, 6) is 0.882. The molecule has 190 valence electrons. The lowest BCUT2D eigenvalue weighted by Gasteiger charge is -2.23. The smallest absolute Gasteiger partial charge is 0.227 e. The average Bonchev–Trinajstić information content (AvgIpc) is 3.33. The number of aromatic nitrogens is 3. The van der Waals surface area contributed by atoms with E-state index in [2.05, 4.69) is 49.9 Å². The third-order valence-corrected chi connectivity index (χ3v) is 7.88. The molecule has 0 spiro atoms. The first kappa shape index (κ1) is 24.6. The SMILES string of the molecule is O=C(Nc1ccc(CNc2cc(-c3ccccc3Cl)nc3c(Br)cnn23)cc1)C1CCc2ccccc2C1. The first-order chi connectivity index (χ1) is 18.5. The van der Waals surface area contributed by atoms with E-state index in [0.717, 1.165) is 52.1 Å². The molecule has 2 heterocycles. The Morgan fingerprint density at radius 2 is 1.79 bits per heavy atom. The molecular formula is C30H25BrClN5O. The molecule has 1 atom stereocenters. The Morgan fingerprint density at radius 3 is 2.61 bits per heavy atom. The zero-order valence-electron chi connectivity index (χ0n) is 20.5. The number of nitrogens with one attached hydrogen (secondary N) is 2. The number of rotatable bonds is 6. The summed E-state index contributed by atoms with van der Waals surface area (Å²) in [7, 11) is 0. The minimum atomic E-state index is 0.000973. The summed E-state index contributed by atoms with van der Waals surface area (Å²) >= 11 is 9.99. The van der Waals surface area contributed by atoms with E-state index in [1.807, 2.05) is 60.7 Å². The zero-order valence-corrected chi connectivity index (χ0v) is 22.8. The molecule has 2 aromatic heterocycles. The Bertz CT molecular complexity index is 1630. The van der Waals surface area contributed by atoms with Gasteiger partial charge in [0.05, 0.1) is 16.4 Å². The second kappa shape index (κ2) is 10.6. The van der Waals surface area contributed by atoms with Crippen LogP contribution in [0.3, 0.4) is 0 Å². The number of halogens is 2. The summed E-state index contributed by atoms with van der Waals surface area (Å²) in [6.07, 6.45) is 4.35. The van der Waals surface area contributed by atoms with Gasteiger partial charge in [-0.1, -0.05) is 66.2 Å². The fourth-order valence-electron chi connectivity index (χ4n) is 4.93. The van der Waals surface area contributed by atoms with Gasteiger partial charge in [-0.3, -0.25) is 4.79 Å². The summed E-state index contributed by atoms with van der Waals surface area (Å²) in [6, 6.07) is 26.0. The maximum absolute atomic E-state index is 12.9. The molecule has 2 N–H and O–H groups in total. The summed E-state index contributed by atoms with van der Waals surface area (Å²) in [4.78, 5) is 17.7. The number of anilines is 2. The number of amides is 1. The lowest BCUT2D eigenvalue weighted by atomic mass is 9.83. The van der Waals surface area contributed by atoms with Crippen molar-refractivity contribution in [2.45, 2.75) is 25.8 Å². The second-order valence-electron chi connectivity index (χ2n) is 9.48. The summed E-state index contributed by atoms with van der Waals surface area (Å²) in [5, 5.41) is 11.7. The van der Waals surface area contributed by atoms with Crippen LogP contribution in [0.2, 0.25) is 5.02 Å². The van der Waals surface area contributed by atoms with Gasteiger partial charge >= 0.3 is 0 Å². The molecule has 8 heteroatoms. The molecule has 38 heavy (non-hydrogen) atoms. The van der Waals surface area contributed by atoms with Crippen molar-refractivity contribution in [3.63, 3.8) is 0 Å². The summed E-state index contributed by atoms with van der Waals surface area (Å²) in [5.41, 5.74) is 6.85. The van der Waals surface area contributed by atoms with Crippen LogP contribution in [0.5, 0.6) is 0 Å². The Labute approximate surface area is 234 Å². The first-order valence-corrected chi connectivity index (χ1v) is 13.7. The molecule has 1 amide bonds. The standard InChI is InChI=1S/C30H25BrClN5O/c31-25-18-34-37-28(16-27(36-29(25)37)24-7-3-4-8-26(24)32)33-17-19-9-13-23(14-10-19)35-30(38)22-12-11-20-5-1-2-6-21(20)15-22/h1-10,13-14,16,18,22,33H,11-12,15,17H2,(H,35,38). The highest BCUT2D eigenvalue weighted by molar-refractivity contribution is 9.10. The molecule has 1 aliphatic carbocycles. The molecule has 1 aliphatic rings. The molecule has 0 saturated heterocycles. The van der Waals surface area contributed by atoms with E-state index in [0.29, 0.717) is 17.2 Å². The van der Waals surface area contributed by atoms with Crippen molar-refractivity contribution >= 4 is 50.6 Å². The number of benzene rings is 3. The lowest BCUT2D eigenvalue weighted by molar-refractivity contribution is -0.120. The maximum Gasteiger partial charge on any atom is 0.227 e. The number of nitrogens with zero attached hydrogens (tertiary/aromatic N) is 3. The van der Waals surface area contributed by atoms with Gasteiger partial charge in [-0.25, -0.2) is 4.98 Å². The van der Waals surface area contributed by atoms with Crippen molar-refractivity contribution in [1.29, 1.82) is 0 Å². The fraction of sp³-hybridized carbons (Fsp3) is 0.167. The van der Waals surface area contributed by atoms with E-state index in [1.54, 1.807) is 10.7 Å². The van der Waals surface area contributed by atoms with E-state index >= 15 is 0 Å². The third-order valence-electron chi connectivity index (χ3n) is 6.99. The van der Waals surface area contributed by atoms with Gasteiger partial charge in [-0.05, 0) is 70.1 Å². The van der Waals surface area contributed by atoms with Crippen LogP contribution < -0.4 is 10.6 Å². The van der Waals surface area contributed by atoms with Gasteiger partial charge in [0.15, 0.2) is 5.65 Å². The number of fused-ring (bicyclic) bond motifs is 2. The molecule has 0 aliphatic heterocycles. The van der Waals surface area contributed by atoms with E-state index in [4.69, 9.17) is 16.6 Å². The Balaban J connectivity index is 1.15. The largest absolute Gasteiger partial charge is 0.366 e. The fourth-order valence-corrected chi connectivity index (χ4v) is 5.51. The van der Waals surface area contributed by atoms with Gasteiger partial charge in [0.2, 0.25) is 5.91 Å². The molecule has 3 aromatic carbocycles. The molecule has 0 bridgehead atoms. The van der Waals surface area contributed by atoms with E-state index < -0.39 is 0 Å². The minimum absolute atomic E-state index is 0.000973. The van der Waals surface area contributed by atoms with Crippen molar-refractivity contribution in [2.75, 3.05) is 10.6 Å². The van der Waals surface area contributed by atoms with Crippen LogP contribution in [-0.4, -0.2) is 20.5 Å². The van der Waals surface area contributed by atoms with Crippen molar-refractivity contribution in [2.24, 2.45) is 5.92 Å². The van der Waals surface area contributed by atoms with Gasteiger partial charge in [0.25, 0.3) is 0 Å². The number of hydrogen-bond donors (Lipinski definition) is 2. The molecule has 0 saturated carbocycles. The molecule has 0 fully saturated rings. The molecule has 0 radical (unpaired) electrons. The highest BCUT2D eigenvalue weighted by atomic mass is 79.9. The summed E-state index contributed by atoms with van der Waals surface area (Å²) < 4.78 is 2.57. The molecule has 1 unspecified atom stereocenters. The molecule has 6 rings (SSSR count). The van der Waals surface area contributed by atoms with Gasteiger partial charge < -0.3 is 10.6 Å². The minimum Gasteiger partial charge on any atom is -0.366 e. The highest BCUT2D eigenvalue weighted by Gasteiger charge is 2.24. The Kier molecular flexibility index (Phi) is 6.87. The van der Waals surface area contributed by atoms with Crippen LogP contribution in [0.1, 0.15) is 23.1 Å². The van der Waals surface area contributed by atoms with Crippen LogP contribution in [0.4, 0.5) is 11.5 Å². The number of hydrogen-bond acceptors (Lipinski definition) is 4. The predicted molar refractivity (Wildman–Crippen MR) is 155 cm³/mol. The van der Waals surface area contributed by atoms with Crippen molar-refractivity contribution in [3.05, 3.63) is 111 Å². The topological polar surface area (TPSA) is 71.3 Å². The van der Waals surface area contributed by atoms with E-state index in [-0.39, 0.29) is 11.8 Å². The van der Waals surface area contributed by atoms with Crippen LogP contribution in [0.25, 0.3) is 16.9 Å². The number of aryl methyl sites for hydroxylation is 1. The maximum atomic E-state index is 12.9. The summed E-state index contributed by atoms with van der Waals surface area (Å²) in [6.45, 7) is 0.576.